The number of hydrogen-bond donors (Lipinski definition) is 1. The molecule has 1 saturated heterocycles. The first-order valence-electron chi connectivity index (χ1n) is 7.40. The fraction of sp³-hybridized carbons (Fsp3) is 0.562. The van der Waals surface area contributed by atoms with Crippen LogP contribution < -0.4 is 10.1 Å². The van der Waals surface area contributed by atoms with Gasteiger partial charge in [-0.15, -0.1) is 0 Å². The lowest BCUT2D eigenvalue weighted by molar-refractivity contribution is 0.0685. The summed E-state index contributed by atoms with van der Waals surface area (Å²) in [6, 6.07) is 5.67. The van der Waals surface area contributed by atoms with Crippen LogP contribution in [0.4, 0.5) is 0 Å². The number of nitrogens with zero attached hydrogens (tertiary/aromatic N) is 1. The Morgan fingerprint density at radius 3 is 2.86 bits per heavy atom. The number of amides is 1. The van der Waals surface area contributed by atoms with Gasteiger partial charge in [0.25, 0.3) is 5.91 Å². The molecule has 1 aromatic rings. The molecule has 1 N–H and O–H groups in total. The molecule has 2 rings (SSSR count). The van der Waals surface area contributed by atoms with E-state index in [2.05, 4.69) is 5.32 Å². The number of hydrogen-bond acceptors (Lipinski definition) is 3. The molecule has 4 nitrogen and oxygen atoms in total. The fourth-order valence-corrected chi connectivity index (χ4v) is 2.84. The number of rotatable bonds is 5. The summed E-state index contributed by atoms with van der Waals surface area (Å²) in [5, 5.41) is 4.01. The van der Waals surface area contributed by atoms with Gasteiger partial charge in [0.1, 0.15) is 5.75 Å². The molecule has 0 radical (unpaired) electrons. The van der Waals surface area contributed by atoms with E-state index < -0.39 is 0 Å². The van der Waals surface area contributed by atoms with E-state index in [4.69, 9.17) is 16.3 Å². The van der Waals surface area contributed by atoms with E-state index >= 15 is 0 Å². The topological polar surface area (TPSA) is 41.6 Å². The zero-order valence-corrected chi connectivity index (χ0v) is 13.6. The summed E-state index contributed by atoms with van der Waals surface area (Å²) in [7, 11) is 1.56. The molecule has 1 amide bonds. The lowest BCUT2D eigenvalue weighted by Gasteiger charge is -2.30. The third-order valence-corrected chi connectivity index (χ3v) is 4.09. The van der Waals surface area contributed by atoms with Crippen LogP contribution in [0.2, 0.25) is 5.02 Å². The monoisotopic (exact) mass is 310 g/mol. The van der Waals surface area contributed by atoms with Crippen LogP contribution in [0, 0.1) is 0 Å². The summed E-state index contributed by atoms with van der Waals surface area (Å²) in [5.41, 5.74) is 0.564. The Morgan fingerprint density at radius 1 is 1.52 bits per heavy atom. The number of benzene rings is 1. The summed E-state index contributed by atoms with van der Waals surface area (Å²) in [5.74, 6) is 0.518. The molecule has 1 aliphatic heterocycles. The summed E-state index contributed by atoms with van der Waals surface area (Å²) in [4.78, 5) is 14.7. The molecule has 0 bridgehead atoms. The third kappa shape index (κ3) is 3.89. The second kappa shape index (κ2) is 7.14. The molecular weight excluding hydrogens is 288 g/mol. The third-order valence-electron chi connectivity index (χ3n) is 3.86. The van der Waals surface area contributed by atoms with Gasteiger partial charge in [-0.2, -0.15) is 0 Å². The predicted molar refractivity (Wildman–Crippen MR) is 85.2 cm³/mol. The van der Waals surface area contributed by atoms with Crippen molar-refractivity contribution < 1.29 is 9.53 Å². The molecule has 1 heterocycles. The Balaban J connectivity index is 2.21. The van der Waals surface area contributed by atoms with Crippen LogP contribution in [-0.4, -0.2) is 43.1 Å². The van der Waals surface area contributed by atoms with Gasteiger partial charge in [0.15, 0.2) is 0 Å². The molecule has 1 aromatic carbocycles. The van der Waals surface area contributed by atoms with Crippen LogP contribution in [0.15, 0.2) is 18.2 Å². The lowest BCUT2D eigenvalue weighted by Crippen LogP contribution is -2.44. The summed E-state index contributed by atoms with van der Waals surface area (Å²) in [6.45, 7) is 5.84. The molecule has 21 heavy (non-hydrogen) atoms. The highest BCUT2D eigenvalue weighted by molar-refractivity contribution is 6.30. The summed E-state index contributed by atoms with van der Waals surface area (Å²) >= 11 is 5.96. The number of halogens is 1. The number of carbonyl (C=O) groups is 1. The number of methoxy groups -OCH3 is 1. The van der Waals surface area contributed by atoms with Gasteiger partial charge in [0.2, 0.25) is 0 Å². The van der Waals surface area contributed by atoms with Crippen molar-refractivity contribution in [2.24, 2.45) is 0 Å². The van der Waals surface area contributed by atoms with E-state index in [1.807, 2.05) is 18.7 Å². The summed E-state index contributed by atoms with van der Waals surface area (Å²) in [6.07, 6.45) is 2.29. The van der Waals surface area contributed by atoms with Crippen molar-refractivity contribution in [2.75, 3.05) is 20.2 Å². The van der Waals surface area contributed by atoms with E-state index in [1.54, 1.807) is 25.3 Å². The maximum absolute atomic E-state index is 12.8. The van der Waals surface area contributed by atoms with E-state index in [1.165, 1.54) is 6.42 Å². The zero-order chi connectivity index (χ0) is 15.4. The minimum absolute atomic E-state index is 0.00721. The van der Waals surface area contributed by atoms with Crippen LogP contribution in [0.3, 0.4) is 0 Å². The van der Waals surface area contributed by atoms with E-state index in [0.29, 0.717) is 22.4 Å². The van der Waals surface area contributed by atoms with E-state index in [0.717, 1.165) is 19.5 Å². The smallest absolute Gasteiger partial charge is 0.257 e. The minimum Gasteiger partial charge on any atom is -0.496 e. The minimum atomic E-state index is -0.00721. The zero-order valence-electron chi connectivity index (χ0n) is 12.9. The van der Waals surface area contributed by atoms with Gasteiger partial charge >= 0.3 is 0 Å². The molecular formula is C16H23ClN2O2. The maximum Gasteiger partial charge on any atom is 0.257 e. The molecule has 1 atom stereocenters. The van der Waals surface area contributed by atoms with Crippen LogP contribution in [0.5, 0.6) is 5.75 Å². The van der Waals surface area contributed by atoms with E-state index in [9.17, 15) is 4.79 Å². The molecule has 1 aliphatic rings. The molecule has 116 valence electrons. The second-order valence-electron chi connectivity index (χ2n) is 5.69. The first-order chi connectivity index (χ1) is 10.0. The lowest BCUT2D eigenvalue weighted by atomic mass is 10.1. The number of carbonyl (C=O) groups excluding carboxylic acids is 1. The average Bonchev–Trinajstić information content (AvgIpc) is 2.96. The van der Waals surface area contributed by atoms with Gasteiger partial charge in [-0.3, -0.25) is 4.79 Å². The Kier molecular flexibility index (Phi) is 5.48. The highest BCUT2D eigenvalue weighted by atomic mass is 35.5. The average molecular weight is 311 g/mol. The Hall–Kier alpha value is -1.26. The van der Waals surface area contributed by atoms with Crippen LogP contribution in [-0.2, 0) is 0 Å². The van der Waals surface area contributed by atoms with Gasteiger partial charge in [0, 0.05) is 23.7 Å². The molecule has 0 saturated carbocycles. The van der Waals surface area contributed by atoms with Crippen LogP contribution in [0.1, 0.15) is 37.0 Å². The highest BCUT2D eigenvalue weighted by Gasteiger charge is 2.26. The molecule has 1 fully saturated rings. The van der Waals surface area contributed by atoms with Crippen molar-refractivity contribution in [3.8, 4) is 5.75 Å². The van der Waals surface area contributed by atoms with Crippen molar-refractivity contribution in [1.82, 2.24) is 10.2 Å². The molecule has 0 aromatic heterocycles. The normalized spacial score (nSPS) is 18.0. The van der Waals surface area contributed by atoms with Crippen LogP contribution >= 0.6 is 11.6 Å². The quantitative estimate of drug-likeness (QED) is 0.909. The predicted octanol–water partition coefficient (Wildman–Crippen LogP) is 2.95. The van der Waals surface area contributed by atoms with Crippen molar-refractivity contribution in [3.63, 3.8) is 0 Å². The molecule has 1 unspecified atom stereocenters. The second-order valence-corrected chi connectivity index (χ2v) is 6.13. The van der Waals surface area contributed by atoms with Crippen LogP contribution in [0.25, 0.3) is 0 Å². The number of nitrogens with one attached hydrogen (secondary N) is 1. The van der Waals surface area contributed by atoms with Gasteiger partial charge < -0.3 is 15.0 Å². The SMILES string of the molecule is COc1cc(Cl)ccc1C(=O)N(CC1CCCN1)C(C)C. The standard InChI is InChI=1S/C16H23ClN2O2/c1-11(2)19(10-13-5-4-8-18-13)16(20)14-7-6-12(17)9-15(14)21-3/h6-7,9,11,13,18H,4-5,8,10H2,1-3H3. The van der Waals surface area contributed by atoms with Gasteiger partial charge in [-0.05, 0) is 51.4 Å². The maximum atomic E-state index is 12.8. The number of ether oxygens (including phenoxy) is 1. The van der Waals surface area contributed by atoms with Crippen molar-refractivity contribution in [1.29, 1.82) is 0 Å². The molecule has 0 spiro atoms. The largest absolute Gasteiger partial charge is 0.496 e. The first-order valence-corrected chi connectivity index (χ1v) is 7.78. The van der Waals surface area contributed by atoms with Crippen molar-refractivity contribution in [3.05, 3.63) is 28.8 Å². The molecule has 0 aliphatic carbocycles. The Labute approximate surface area is 131 Å². The van der Waals surface area contributed by atoms with Crippen molar-refractivity contribution >= 4 is 17.5 Å². The fourth-order valence-electron chi connectivity index (χ4n) is 2.67. The molecule has 5 heteroatoms. The van der Waals surface area contributed by atoms with E-state index in [-0.39, 0.29) is 11.9 Å². The Bertz CT molecular complexity index is 499. The van der Waals surface area contributed by atoms with Crippen molar-refractivity contribution in [2.45, 2.75) is 38.8 Å². The first kappa shape index (κ1) is 16.1. The van der Waals surface area contributed by atoms with Gasteiger partial charge in [0.05, 0.1) is 12.7 Å². The Morgan fingerprint density at radius 2 is 2.29 bits per heavy atom. The van der Waals surface area contributed by atoms with Gasteiger partial charge in [-0.1, -0.05) is 11.6 Å². The van der Waals surface area contributed by atoms with Gasteiger partial charge in [-0.25, -0.2) is 0 Å². The highest BCUT2D eigenvalue weighted by Crippen LogP contribution is 2.25. The summed E-state index contributed by atoms with van der Waals surface area (Å²) < 4.78 is 5.30.